The molecule has 4 N–H and O–H groups in total. The minimum Gasteiger partial charge on any atom is -0.505 e. The van der Waals surface area contributed by atoms with Gasteiger partial charge in [0.2, 0.25) is 0 Å². The van der Waals surface area contributed by atoms with Gasteiger partial charge in [-0.05, 0) is 157 Å². The number of alkyl halides is 9. The molecule has 37 heteroatoms. The van der Waals surface area contributed by atoms with E-state index in [1.807, 2.05) is 30.3 Å². The van der Waals surface area contributed by atoms with Gasteiger partial charge in [0.05, 0.1) is 65.7 Å². The minimum absolute atomic E-state index is 0.0512. The number of rotatable bonds is 17. The molecule has 0 radical (unpaired) electrons. The number of aromatic nitrogens is 4. The normalized spacial score (nSPS) is 11.7. The standard InChI is InChI=1S/C27H16F3NO4S.C26H18ClNO5S.2C26H15F4NO4S/c28-27(29,30)17-11-13-19(14-12-17)36-24-23(32)22-21(35-26(24)34)15-20(16-7-3-1-4-8-16)31(25(22)33)18-9-5-2-6-10-18;1-32-20-9-5-2-6-15(20)14-28-19-8-4-3-7-18(19)23-21(25(28)30)22(29)24(26(31)33-23)34-17-12-10-16(27)11-13-17;27-17-10-4-1-7-14(17)13-31-18-11-5-2-8-15(18)22-20(24(31)33)21(32)23(25(34)35-22)36-19-12-6-3-9-16(19)26(28,29)30;27-15-7-5-6-14(12-15)13-31-18-10-3-1-8-16(18)22-20(24(31)33)21(32)23(25(34)35-22)36-19-11-4-2-9-17(19)26(28,29)30/h1-15,32H;2-13,29H,14H2,1H3;2*1-12,32H,13H2. The summed E-state index contributed by atoms with van der Waals surface area (Å²) in [5.74, 6) is -3.00. The predicted molar refractivity (Wildman–Crippen MR) is 518 cm³/mol. The average Bonchev–Trinajstić information content (AvgIpc) is 0.743. The van der Waals surface area contributed by atoms with Gasteiger partial charge in [-0.15, -0.1) is 0 Å². The van der Waals surface area contributed by atoms with Crippen LogP contribution in [0.25, 0.3) is 93.5 Å². The highest BCUT2D eigenvalue weighted by Crippen LogP contribution is 2.47. The molecule has 0 aliphatic heterocycles. The van der Waals surface area contributed by atoms with E-state index < -0.39 is 130 Å². The van der Waals surface area contributed by atoms with Crippen LogP contribution in [0.5, 0.6) is 28.7 Å². The number of para-hydroxylation sites is 5. The summed E-state index contributed by atoms with van der Waals surface area (Å²) in [6, 6.07) is 78.2. The monoisotopic (exact) mass is 2020 g/mol. The topological polar surface area (TPSA) is 299 Å². The number of methoxy groups -OCH3 is 1. The van der Waals surface area contributed by atoms with Gasteiger partial charge in [-0.25, -0.2) is 28.0 Å². The van der Waals surface area contributed by atoms with E-state index in [9.17, 15) is 107 Å². The van der Waals surface area contributed by atoms with E-state index in [0.717, 1.165) is 53.7 Å². The molecule has 21 nitrogen and oxygen atoms in total. The van der Waals surface area contributed by atoms with Crippen molar-refractivity contribution in [3.05, 3.63) is 443 Å². The van der Waals surface area contributed by atoms with Crippen molar-refractivity contribution in [2.24, 2.45) is 0 Å². The molecule has 0 atom stereocenters. The summed E-state index contributed by atoms with van der Waals surface area (Å²) in [5, 5.41) is 44.9. The van der Waals surface area contributed by atoms with Crippen molar-refractivity contribution in [2.45, 2.75) is 77.3 Å². The first kappa shape index (κ1) is 97.6. The molecule has 0 amide bonds. The summed E-state index contributed by atoms with van der Waals surface area (Å²) in [5.41, 5.74) is -5.38. The molecule has 0 saturated carbocycles. The van der Waals surface area contributed by atoms with Crippen molar-refractivity contribution in [3.8, 4) is 45.7 Å². The van der Waals surface area contributed by atoms with Crippen LogP contribution < -0.4 is 49.5 Å². The number of pyridine rings is 4. The second kappa shape index (κ2) is 40.4. The molecule has 0 aliphatic rings. The van der Waals surface area contributed by atoms with E-state index in [2.05, 4.69) is 0 Å². The fourth-order valence-corrected chi connectivity index (χ4v) is 19.5. The number of halogens is 12. The molecule has 20 rings (SSSR count). The van der Waals surface area contributed by atoms with E-state index in [4.69, 9.17) is 34.0 Å². The van der Waals surface area contributed by atoms with E-state index in [0.29, 0.717) is 106 Å². The summed E-state index contributed by atoms with van der Waals surface area (Å²) in [4.78, 5) is 105. The fourth-order valence-electron chi connectivity index (χ4n) is 15.7. The van der Waals surface area contributed by atoms with Gasteiger partial charge >= 0.3 is 41.0 Å². The van der Waals surface area contributed by atoms with Crippen molar-refractivity contribution >= 4 is 135 Å². The fraction of sp³-hybridized carbons (Fsp3) is 0.0667. The lowest BCUT2D eigenvalue weighted by atomic mass is 10.1. The van der Waals surface area contributed by atoms with E-state index in [-0.39, 0.29) is 88.2 Å². The maximum Gasteiger partial charge on any atom is 0.417 e. The summed E-state index contributed by atoms with van der Waals surface area (Å²) in [7, 11) is 1.57. The third-order valence-electron chi connectivity index (χ3n) is 22.2. The zero-order chi connectivity index (χ0) is 100. The Morgan fingerprint density at radius 2 is 0.746 bits per heavy atom. The molecular weight excluding hydrogens is 1960 g/mol. The molecule has 142 heavy (non-hydrogen) atoms. The van der Waals surface area contributed by atoms with Gasteiger partial charge < -0.3 is 56.5 Å². The molecule has 0 aliphatic carbocycles. The van der Waals surface area contributed by atoms with Crippen molar-refractivity contribution in [1.29, 1.82) is 0 Å². The third-order valence-corrected chi connectivity index (χ3v) is 26.9. The average molecular weight is 2030 g/mol. The molecule has 12 aromatic carbocycles. The SMILES string of the molecule is COc1ccccc1Cn1c(=O)c2c(O)c(Sc3ccc(Cl)cc3)c(=O)oc2c2ccccc21.O=c1oc2c(c(O)c1Sc1ccccc1C(F)(F)F)c(=O)n(Cc1cccc(F)c1)c1ccccc21.O=c1oc2c(c(O)c1Sc1ccccc1C(F)(F)F)c(=O)n(Cc1ccccc1F)c1ccccc21.O=c1oc2cc(-c3ccccc3)n(-c3ccccc3)c(=O)c2c(O)c1Sc1ccc(C(F)(F)F)cc1. The van der Waals surface area contributed by atoms with Gasteiger partial charge in [-0.3, -0.25) is 23.7 Å². The molecule has 0 unspecified atom stereocenters. The molecule has 0 spiro atoms. The molecular formula is C105H64ClF11N4O17S4. The van der Waals surface area contributed by atoms with Gasteiger partial charge in [0.25, 0.3) is 22.2 Å². The Bertz CT molecular complexity index is 8910. The number of hydrogen-bond donors (Lipinski definition) is 4. The number of hydrogen-bond acceptors (Lipinski definition) is 21. The van der Waals surface area contributed by atoms with Crippen LogP contribution in [-0.4, -0.2) is 45.8 Å². The van der Waals surface area contributed by atoms with Crippen molar-refractivity contribution in [1.82, 2.24) is 18.3 Å². The van der Waals surface area contributed by atoms with Gasteiger partial charge in [0.15, 0.2) is 39.7 Å². The van der Waals surface area contributed by atoms with Crippen LogP contribution in [0.2, 0.25) is 5.02 Å². The van der Waals surface area contributed by atoms with Crippen LogP contribution in [0.1, 0.15) is 33.4 Å². The molecule has 8 heterocycles. The predicted octanol–water partition coefficient (Wildman–Crippen LogP) is 24.5. The summed E-state index contributed by atoms with van der Waals surface area (Å²) >= 11 is 8.38. The Balaban J connectivity index is 0.000000130. The maximum absolute atomic E-state index is 14.4. The second-order valence-corrected chi connectivity index (χ2v) is 35.8. The van der Waals surface area contributed by atoms with Crippen molar-refractivity contribution in [2.75, 3.05) is 7.11 Å². The quantitative estimate of drug-likeness (QED) is 0.0486. The molecule has 714 valence electrons. The molecule has 0 saturated heterocycles. The highest BCUT2D eigenvalue weighted by atomic mass is 35.5. The third kappa shape index (κ3) is 19.9. The number of benzene rings is 12. The number of nitrogens with zero attached hydrogens (tertiary/aromatic N) is 4. The summed E-state index contributed by atoms with van der Waals surface area (Å²) in [6.45, 7) is -0.0531. The van der Waals surface area contributed by atoms with Crippen LogP contribution in [-0.2, 0) is 38.2 Å². The van der Waals surface area contributed by atoms with E-state index in [1.165, 1.54) is 92.6 Å². The van der Waals surface area contributed by atoms with Gasteiger partial charge in [0, 0.05) is 63.6 Å². The van der Waals surface area contributed by atoms with E-state index >= 15 is 0 Å². The van der Waals surface area contributed by atoms with Gasteiger partial charge in [0.1, 0.15) is 64.1 Å². The number of ether oxygens (including phenoxy) is 1. The first-order valence-corrected chi connectivity index (χ1v) is 45.7. The Hall–Kier alpha value is -16.0. The van der Waals surface area contributed by atoms with Gasteiger partial charge in [-0.1, -0.05) is 216 Å². The Morgan fingerprint density at radius 3 is 1.20 bits per heavy atom. The van der Waals surface area contributed by atoms with Gasteiger partial charge in [-0.2, -0.15) is 39.5 Å². The zero-order valence-electron chi connectivity index (χ0n) is 72.6. The summed E-state index contributed by atoms with van der Waals surface area (Å²) < 4.78 is 180. The highest BCUT2D eigenvalue weighted by Gasteiger charge is 2.38. The van der Waals surface area contributed by atoms with Crippen LogP contribution in [0.4, 0.5) is 48.3 Å². The largest absolute Gasteiger partial charge is 0.505 e. The minimum atomic E-state index is -4.71. The van der Waals surface area contributed by atoms with Crippen LogP contribution >= 0.6 is 58.6 Å². The van der Waals surface area contributed by atoms with Crippen LogP contribution in [0.3, 0.4) is 0 Å². The summed E-state index contributed by atoms with van der Waals surface area (Å²) in [6.07, 6.45) is -13.9. The lowest BCUT2D eigenvalue weighted by Crippen LogP contribution is -2.23. The lowest BCUT2D eigenvalue weighted by molar-refractivity contribution is -0.140. The Labute approximate surface area is 812 Å². The second-order valence-electron chi connectivity index (χ2n) is 31.1. The maximum atomic E-state index is 14.4. The Kier molecular flexibility index (Phi) is 27.8. The lowest BCUT2D eigenvalue weighted by Gasteiger charge is -2.15. The first-order valence-electron chi connectivity index (χ1n) is 42.1. The van der Waals surface area contributed by atoms with Crippen molar-refractivity contribution < 1.29 is 91.1 Å². The molecule has 20 aromatic rings. The first-order chi connectivity index (χ1) is 68.0. The number of fused-ring (bicyclic) bond motifs is 10. The Morgan fingerprint density at radius 1 is 0.359 bits per heavy atom. The zero-order valence-corrected chi connectivity index (χ0v) is 76.6. The smallest absolute Gasteiger partial charge is 0.417 e. The van der Waals surface area contributed by atoms with E-state index in [1.54, 1.807) is 175 Å². The highest BCUT2D eigenvalue weighted by molar-refractivity contribution is 8.00. The van der Waals surface area contributed by atoms with Crippen LogP contribution in [0, 0.1) is 11.6 Å². The molecule has 0 fully saturated rings. The van der Waals surface area contributed by atoms with Crippen molar-refractivity contribution in [3.63, 3.8) is 0 Å². The molecule has 8 aromatic heterocycles. The van der Waals surface area contributed by atoms with Crippen LogP contribution in [0.15, 0.2) is 405 Å². The molecule has 0 bridgehead atoms. The number of aromatic hydroxyl groups is 4.